The zero-order valence-corrected chi connectivity index (χ0v) is 5.69. The Morgan fingerprint density at radius 3 is 2.70 bits per heavy atom. The Labute approximate surface area is 58.9 Å². The molecule has 0 saturated heterocycles. The van der Waals surface area contributed by atoms with Crippen LogP contribution in [0.5, 0.6) is 5.88 Å². The van der Waals surface area contributed by atoms with Crippen molar-refractivity contribution in [1.29, 1.82) is 0 Å². The Morgan fingerprint density at radius 2 is 2.20 bits per heavy atom. The maximum absolute atomic E-state index is 9.92. The minimum absolute atomic E-state index is 0.0152. The number of thiol groups is 1. The lowest BCUT2D eigenvalue weighted by atomic mass is 10.7. The summed E-state index contributed by atoms with van der Waals surface area (Å²) in [4.78, 5) is 7.13. The monoisotopic (exact) mass is 160 g/mol. The van der Waals surface area contributed by atoms with Crippen molar-refractivity contribution in [2.75, 3.05) is 0 Å². The molecular weight excluding hydrogens is 156 g/mol. The molecule has 5 nitrogen and oxygen atoms in total. The molecule has 0 spiro atoms. The molecule has 0 unspecified atom stereocenters. The van der Waals surface area contributed by atoms with Crippen molar-refractivity contribution >= 4 is 11.0 Å². The van der Waals surface area contributed by atoms with Crippen molar-refractivity contribution in [3.8, 4) is 5.88 Å². The highest BCUT2D eigenvalue weighted by Gasteiger charge is 1.91. The SMILES string of the molecule is O=[SH](=O)Oc1cnccn1. The largest absolute Gasteiger partial charge is 0.362 e. The fourth-order valence-electron chi connectivity index (χ4n) is 0.409. The van der Waals surface area contributed by atoms with Crippen LogP contribution in [0.2, 0.25) is 0 Å². The van der Waals surface area contributed by atoms with Gasteiger partial charge in [0.25, 0.3) is 5.88 Å². The van der Waals surface area contributed by atoms with Gasteiger partial charge in [-0.2, -0.15) is 8.42 Å². The van der Waals surface area contributed by atoms with Crippen LogP contribution in [0.1, 0.15) is 0 Å². The standard InChI is InChI=1S/C4H4N2O3S/c7-10(8)9-4-3-5-1-2-6-4/h1-3,10H. The lowest BCUT2D eigenvalue weighted by molar-refractivity contribution is 0.498. The van der Waals surface area contributed by atoms with Gasteiger partial charge in [0.05, 0.1) is 6.20 Å². The number of hydrogen-bond donors (Lipinski definition) is 1. The first-order chi connectivity index (χ1) is 4.79. The Bertz CT molecular complexity index is 263. The molecule has 6 heteroatoms. The molecule has 0 aliphatic heterocycles. The molecule has 0 aliphatic carbocycles. The van der Waals surface area contributed by atoms with Crippen LogP contribution in [0.4, 0.5) is 0 Å². The maximum Gasteiger partial charge on any atom is 0.300 e. The second-order valence-electron chi connectivity index (χ2n) is 1.36. The van der Waals surface area contributed by atoms with E-state index in [1.165, 1.54) is 18.6 Å². The van der Waals surface area contributed by atoms with Gasteiger partial charge in [-0.3, -0.25) is 4.98 Å². The van der Waals surface area contributed by atoms with Gasteiger partial charge in [0, 0.05) is 12.4 Å². The van der Waals surface area contributed by atoms with Crippen molar-refractivity contribution < 1.29 is 12.6 Å². The second-order valence-corrected chi connectivity index (χ2v) is 1.99. The number of rotatable bonds is 2. The number of aromatic nitrogens is 2. The Hall–Kier alpha value is -1.17. The second kappa shape index (κ2) is 3.11. The van der Waals surface area contributed by atoms with Crippen molar-refractivity contribution in [2.45, 2.75) is 0 Å². The van der Waals surface area contributed by atoms with Crippen molar-refractivity contribution in [1.82, 2.24) is 9.97 Å². The van der Waals surface area contributed by atoms with Gasteiger partial charge in [-0.1, -0.05) is 0 Å². The number of nitrogens with zero attached hydrogens (tertiary/aromatic N) is 2. The molecule has 0 N–H and O–H groups in total. The predicted molar refractivity (Wildman–Crippen MR) is 33.0 cm³/mol. The topological polar surface area (TPSA) is 69.2 Å². The van der Waals surface area contributed by atoms with E-state index in [2.05, 4.69) is 14.2 Å². The van der Waals surface area contributed by atoms with E-state index in [0.717, 1.165) is 0 Å². The third kappa shape index (κ3) is 1.98. The number of hydrogen-bond acceptors (Lipinski definition) is 5. The lowest BCUT2D eigenvalue weighted by Gasteiger charge is -1.91. The van der Waals surface area contributed by atoms with Crippen LogP contribution in [-0.2, 0) is 11.0 Å². The molecule has 54 valence electrons. The third-order valence-corrected chi connectivity index (χ3v) is 1.04. The van der Waals surface area contributed by atoms with Gasteiger partial charge in [0.2, 0.25) is 0 Å². The molecule has 0 amide bonds. The summed E-state index contributed by atoms with van der Waals surface area (Å²) in [6.07, 6.45) is 3.98. The maximum atomic E-state index is 9.92. The van der Waals surface area contributed by atoms with Gasteiger partial charge in [0.15, 0.2) is 0 Å². The molecule has 0 saturated carbocycles. The van der Waals surface area contributed by atoms with Crippen molar-refractivity contribution in [2.24, 2.45) is 0 Å². The first-order valence-electron chi connectivity index (χ1n) is 2.37. The molecule has 0 radical (unpaired) electrons. The normalized spacial score (nSPS) is 9.70. The summed E-state index contributed by atoms with van der Waals surface area (Å²) in [7, 11) is -2.88. The summed E-state index contributed by atoms with van der Waals surface area (Å²) in [5, 5.41) is 0. The molecular formula is C4H4N2O3S. The molecule has 0 atom stereocenters. The summed E-state index contributed by atoms with van der Waals surface area (Å²) in [6, 6.07) is 0. The highest BCUT2D eigenvalue weighted by molar-refractivity contribution is 7.67. The molecule has 1 heterocycles. The van der Waals surface area contributed by atoms with Crippen LogP contribution in [0.25, 0.3) is 0 Å². The van der Waals surface area contributed by atoms with Crippen molar-refractivity contribution in [3.63, 3.8) is 0 Å². The predicted octanol–water partition coefficient (Wildman–Crippen LogP) is -0.618. The Balaban J connectivity index is 2.77. The zero-order chi connectivity index (χ0) is 7.40. The first-order valence-corrected chi connectivity index (χ1v) is 3.47. The van der Waals surface area contributed by atoms with Crippen molar-refractivity contribution in [3.05, 3.63) is 18.6 Å². The molecule has 1 aromatic rings. The minimum atomic E-state index is -2.88. The average molecular weight is 160 g/mol. The molecule has 1 rings (SSSR count). The van der Waals surface area contributed by atoms with E-state index in [1.54, 1.807) is 0 Å². The molecule has 1 aromatic heterocycles. The molecule has 10 heavy (non-hydrogen) atoms. The van der Waals surface area contributed by atoms with E-state index < -0.39 is 11.0 Å². The lowest BCUT2D eigenvalue weighted by Crippen LogP contribution is -1.92. The Kier molecular flexibility index (Phi) is 2.16. The molecule has 0 aliphatic rings. The highest BCUT2D eigenvalue weighted by atomic mass is 32.2. The van der Waals surface area contributed by atoms with Gasteiger partial charge in [-0.15, -0.1) is 0 Å². The molecule has 0 bridgehead atoms. The van der Waals surface area contributed by atoms with Crippen LogP contribution in [0, 0.1) is 0 Å². The molecule has 0 aromatic carbocycles. The summed E-state index contributed by atoms with van der Waals surface area (Å²) >= 11 is 0. The zero-order valence-electron chi connectivity index (χ0n) is 4.80. The first kappa shape index (κ1) is 6.94. The van der Waals surface area contributed by atoms with E-state index in [-0.39, 0.29) is 5.88 Å². The summed E-state index contributed by atoms with van der Waals surface area (Å²) in [5.74, 6) is -0.0152. The quantitative estimate of drug-likeness (QED) is 0.584. The smallest absolute Gasteiger partial charge is 0.300 e. The van der Waals surface area contributed by atoms with Gasteiger partial charge >= 0.3 is 11.0 Å². The van der Waals surface area contributed by atoms with Crippen LogP contribution in [-0.4, -0.2) is 18.4 Å². The summed E-state index contributed by atoms with van der Waals surface area (Å²) in [6.45, 7) is 0. The summed E-state index contributed by atoms with van der Waals surface area (Å²) in [5.41, 5.74) is 0. The van der Waals surface area contributed by atoms with E-state index in [1.807, 2.05) is 0 Å². The average Bonchev–Trinajstić information content (AvgIpc) is 1.88. The highest BCUT2D eigenvalue weighted by Crippen LogP contribution is 1.99. The fourth-order valence-corrected chi connectivity index (χ4v) is 0.656. The van der Waals surface area contributed by atoms with Crippen LogP contribution in [0.3, 0.4) is 0 Å². The minimum Gasteiger partial charge on any atom is -0.362 e. The van der Waals surface area contributed by atoms with Crippen LogP contribution < -0.4 is 4.18 Å². The van der Waals surface area contributed by atoms with E-state index in [4.69, 9.17) is 0 Å². The Morgan fingerprint density at radius 1 is 1.40 bits per heavy atom. The van der Waals surface area contributed by atoms with Crippen LogP contribution >= 0.6 is 0 Å². The van der Waals surface area contributed by atoms with Gasteiger partial charge in [0.1, 0.15) is 0 Å². The summed E-state index contributed by atoms with van der Waals surface area (Å²) < 4.78 is 24.0. The fraction of sp³-hybridized carbons (Fsp3) is 0. The van der Waals surface area contributed by atoms with Gasteiger partial charge in [-0.05, 0) is 0 Å². The molecule has 0 fully saturated rings. The van der Waals surface area contributed by atoms with E-state index in [9.17, 15) is 8.42 Å². The van der Waals surface area contributed by atoms with Gasteiger partial charge in [-0.25, -0.2) is 4.98 Å². The van der Waals surface area contributed by atoms with E-state index in [0.29, 0.717) is 0 Å². The van der Waals surface area contributed by atoms with Crippen LogP contribution in [0.15, 0.2) is 18.6 Å². The van der Waals surface area contributed by atoms with E-state index >= 15 is 0 Å². The van der Waals surface area contributed by atoms with Gasteiger partial charge < -0.3 is 4.18 Å². The third-order valence-electron chi connectivity index (χ3n) is 0.708.